The first-order chi connectivity index (χ1) is 9.38. The molecule has 0 aliphatic rings. The van der Waals surface area contributed by atoms with Crippen molar-refractivity contribution in [3.8, 4) is 0 Å². The van der Waals surface area contributed by atoms with E-state index in [4.69, 9.17) is 4.74 Å². The first kappa shape index (κ1) is 16.5. The molecule has 0 saturated heterocycles. The lowest BCUT2D eigenvalue weighted by Crippen LogP contribution is -2.41. The highest BCUT2D eigenvalue weighted by Crippen LogP contribution is 2.15. The van der Waals surface area contributed by atoms with Crippen LogP contribution in [0.5, 0.6) is 0 Å². The van der Waals surface area contributed by atoms with Crippen molar-refractivity contribution >= 4 is 11.7 Å². The number of amides is 2. The Morgan fingerprint density at radius 2 is 1.90 bits per heavy atom. The van der Waals surface area contributed by atoms with E-state index in [1.165, 1.54) is 5.56 Å². The summed E-state index contributed by atoms with van der Waals surface area (Å²) in [6.45, 7) is 6.37. The van der Waals surface area contributed by atoms with E-state index in [0.29, 0.717) is 12.6 Å². The van der Waals surface area contributed by atoms with Crippen molar-refractivity contribution in [3.63, 3.8) is 0 Å². The Hall–Kier alpha value is -1.59. The molecule has 0 aromatic heterocycles. The van der Waals surface area contributed by atoms with Crippen LogP contribution >= 0.6 is 0 Å². The number of rotatable bonds is 6. The molecule has 3 N–H and O–H groups in total. The highest BCUT2D eigenvalue weighted by molar-refractivity contribution is 5.89. The quantitative estimate of drug-likeness (QED) is 0.750. The molecule has 1 aromatic carbocycles. The van der Waals surface area contributed by atoms with E-state index in [9.17, 15) is 4.79 Å². The fourth-order valence-corrected chi connectivity index (χ4v) is 1.56. The maximum Gasteiger partial charge on any atom is 0.319 e. The van der Waals surface area contributed by atoms with Crippen LogP contribution in [0.25, 0.3) is 0 Å². The van der Waals surface area contributed by atoms with Crippen molar-refractivity contribution in [2.75, 3.05) is 26.0 Å². The molecule has 0 radical (unpaired) electrons. The van der Waals surface area contributed by atoms with Gasteiger partial charge in [-0.1, -0.05) is 12.1 Å². The minimum absolute atomic E-state index is 0.232. The third-order valence-electron chi connectivity index (χ3n) is 3.33. The van der Waals surface area contributed by atoms with Gasteiger partial charge in [0, 0.05) is 25.4 Å². The zero-order valence-corrected chi connectivity index (χ0v) is 12.9. The Kier molecular flexibility index (Phi) is 5.98. The number of carbonyl (C=O) groups is 1. The van der Waals surface area contributed by atoms with E-state index >= 15 is 0 Å². The Morgan fingerprint density at radius 1 is 1.30 bits per heavy atom. The minimum atomic E-state index is -0.372. The Labute approximate surface area is 121 Å². The summed E-state index contributed by atoms with van der Waals surface area (Å²) in [6, 6.07) is 7.84. The lowest BCUT2D eigenvalue weighted by Gasteiger charge is -2.23. The van der Waals surface area contributed by atoms with Gasteiger partial charge in [0.15, 0.2) is 0 Å². The number of ether oxygens (including phenoxy) is 1. The monoisotopic (exact) mass is 279 g/mol. The molecular formula is C15H25N3O2. The van der Waals surface area contributed by atoms with Crippen molar-refractivity contribution in [2.45, 2.75) is 32.4 Å². The lowest BCUT2D eigenvalue weighted by molar-refractivity contribution is 0.0257. The number of hydrogen-bond donors (Lipinski definition) is 3. The first-order valence-electron chi connectivity index (χ1n) is 6.75. The number of benzene rings is 1. The van der Waals surface area contributed by atoms with Crippen molar-refractivity contribution in [3.05, 3.63) is 29.8 Å². The second-order valence-corrected chi connectivity index (χ2v) is 5.40. The highest BCUT2D eigenvalue weighted by Gasteiger charge is 2.17. The molecule has 0 fully saturated rings. The zero-order chi connectivity index (χ0) is 15.2. The Balaban J connectivity index is 2.50. The van der Waals surface area contributed by atoms with Gasteiger partial charge in [-0.3, -0.25) is 0 Å². The molecule has 2 amide bonds. The van der Waals surface area contributed by atoms with Gasteiger partial charge in [-0.05, 0) is 45.5 Å². The number of hydrogen-bond acceptors (Lipinski definition) is 3. The molecule has 1 rings (SSSR count). The smallest absolute Gasteiger partial charge is 0.319 e. The summed E-state index contributed by atoms with van der Waals surface area (Å²) < 4.78 is 5.24. The van der Waals surface area contributed by atoms with Crippen molar-refractivity contribution in [1.29, 1.82) is 0 Å². The van der Waals surface area contributed by atoms with Crippen LogP contribution in [0.15, 0.2) is 24.3 Å². The minimum Gasteiger partial charge on any atom is -0.377 e. The summed E-state index contributed by atoms with van der Waals surface area (Å²) in [5.41, 5.74) is 1.58. The van der Waals surface area contributed by atoms with Crippen molar-refractivity contribution in [2.24, 2.45) is 0 Å². The molecular weight excluding hydrogens is 254 g/mol. The molecule has 1 unspecified atom stereocenters. The normalized spacial score (nSPS) is 12.8. The zero-order valence-electron chi connectivity index (χ0n) is 12.9. The maximum atomic E-state index is 11.8. The second kappa shape index (κ2) is 7.26. The Bertz CT molecular complexity index is 429. The van der Waals surface area contributed by atoms with Gasteiger partial charge in [0.25, 0.3) is 0 Å². The molecule has 1 aromatic rings. The first-order valence-corrected chi connectivity index (χ1v) is 6.75. The van der Waals surface area contributed by atoms with Gasteiger partial charge >= 0.3 is 6.03 Å². The van der Waals surface area contributed by atoms with Gasteiger partial charge in [-0.2, -0.15) is 0 Å². The average Bonchev–Trinajstić information content (AvgIpc) is 2.45. The van der Waals surface area contributed by atoms with E-state index in [-0.39, 0.29) is 11.6 Å². The highest BCUT2D eigenvalue weighted by atomic mass is 16.5. The summed E-state index contributed by atoms with van der Waals surface area (Å²) in [5, 5.41) is 8.75. The molecule has 5 nitrogen and oxygen atoms in total. The fraction of sp³-hybridized carbons (Fsp3) is 0.533. The van der Waals surface area contributed by atoms with Crippen LogP contribution in [0.4, 0.5) is 10.5 Å². The largest absolute Gasteiger partial charge is 0.377 e. The van der Waals surface area contributed by atoms with Gasteiger partial charge in [0.05, 0.1) is 5.60 Å². The summed E-state index contributed by atoms with van der Waals surface area (Å²) in [5.74, 6) is 0. The van der Waals surface area contributed by atoms with Crippen molar-refractivity contribution < 1.29 is 9.53 Å². The van der Waals surface area contributed by atoms with Crippen LogP contribution in [0.1, 0.15) is 32.4 Å². The van der Waals surface area contributed by atoms with Gasteiger partial charge in [0.2, 0.25) is 0 Å². The van der Waals surface area contributed by atoms with Crippen LogP contribution in [0.2, 0.25) is 0 Å². The molecule has 20 heavy (non-hydrogen) atoms. The lowest BCUT2D eigenvalue weighted by atomic mass is 10.1. The molecule has 0 aliphatic heterocycles. The molecule has 0 spiro atoms. The van der Waals surface area contributed by atoms with Crippen LogP contribution in [-0.2, 0) is 4.74 Å². The molecule has 1 atom stereocenters. The molecule has 0 heterocycles. The van der Waals surface area contributed by atoms with Gasteiger partial charge < -0.3 is 20.7 Å². The third-order valence-corrected chi connectivity index (χ3v) is 3.33. The van der Waals surface area contributed by atoms with E-state index in [1.54, 1.807) is 7.11 Å². The fourth-order valence-electron chi connectivity index (χ4n) is 1.56. The van der Waals surface area contributed by atoms with Gasteiger partial charge in [0.1, 0.15) is 0 Å². The van der Waals surface area contributed by atoms with E-state index < -0.39 is 0 Å². The Morgan fingerprint density at radius 3 is 2.40 bits per heavy atom. The standard InChI is InChI=1S/C15H25N3O2/c1-11(16-4)12-6-8-13(9-7-12)18-14(19)17-10-15(2,3)20-5/h6-9,11,16H,10H2,1-5H3,(H2,17,18,19). The summed E-state index contributed by atoms with van der Waals surface area (Å²) >= 11 is 0. The van der Waals surface area contributed by atoms with Crippen LogP contribution < -0.4 is 16.0 Å². The molecule has 0 saturated carbocycles. The number of carbonyl (C=O) groups excluding carboxylic acids is 1. The molecule has 0 aliphatic carbocycles. The maximum absolute atomic E-state index is 11.8. The average molecular weight is 279 g/mol. The van der Waals surface area contributed by atoms with E-state index in [2.05, 4.69) is 22.9 Å². The van der Waals surface area contributed by atoms with E-state index in [1.807, 2.05) is 45.2 Å². The van der Waals surface area contributed by atoms with Crippen LogP contribution in [-0.4, -0.2) is 32.3 Å². The summed E-state index contributed by atoms with van der Waals surface area (Å²) in [7, 11) is 3.54. The third kappa shape index (κ3) is 5.19. The van der Waals surface area contributed by atoms with Crippen LogP contribution in [0.3, 0.4) is 0 Å². The topological polar surface area (TPSA) is 62.4 Å². The molecule has 0 bridgehead atoms. The number of nitrogens with one attached hydrogen (secondary N) is 3. The number of anilines is 1. The van der Waals surface area contributed by atoms with Crippen molar-refractivity contribution in [1.82, 2.24) is 10.6 Å². The molecule has 5 heteroatoms. The SMILES string of the molecule is CNC(C)c1ccc(NC(=O)NCC(C)(C)OC)cc1. The van der Waals surface area contributed by atoms with Gasteiger partial charge in [-0.25, -0.2) is 4.79 Å². The second-order valence-electron chi connectivity index (χ2n) is 5.40. The van der Waals surface area contributed by atoms with E-state index in [0.717, 1.165) is 5.69 Å². The summed E-state index contributed by atoms with van der Waals surface area (Å²) in [6.07, 6.45) is 0. The van der Waals surface area contributed by atoms with Crippen LogP contribution in [0, 0.1) is 0 Å². The number of urea groups is 1. The van der Waals surface area contributed by atoms with Gasteiger partial charge in [-0.15, -0.1) is 0 Å². The molecule has 112 valence electrons. The number of methoxy groups -OCH3 is 1. The predicted octanol–water partition coefficient (Wildman–Crippen LogP) is 2.51. The predicted molar refractivity (Wildman–Crippen MR) is 82.0 cm³/mol. The summed E-state index contributed by atoms with van der Waals surface area (Å²) in [4.78, 5) is 11.8.